The molecule has 114 valence electrons. The molecule has 0 spiro atoms. The SMILES string of the molecule is CC.CN1CCC(N(C)Cc2ccc(Cl)c(Cl)c2)CC1. The zero-order valence-corrected chi connectivity index (χ0v) is 14.5. The van der Waals surface area contributed by atoms with Gasteiger partial charge in [0.15, 0.2) is 0 Å². The molecule has 4 heteroatoms. The number of benzene rings is 1. The molecule has 0 bridgehead atoms. The van der Waals surface area contributed by atoms with Crippen LogP contribution in [0.3, 0.4) is 0 Å². The van der Waals surface area contributed by atoms with Gasteiger partial charge in [0.25, 0.3) is 0 Å². The summed E-state index contributed by atoms with van der Waals surface area (Å²) in [6, 6.07) is 6.58. The van der Waals surface area contributed by atoms with E-state index in [1.54, 1.807) is 0 Å². The summed E-state index contributed by atoms with van der Waals surface area (Å²) in [4.78, 5) is 4.82. The van der Waals surface area contributed by atoms with E-state index >= 15 is 0 Å². The topological polar surface area (TPSA) is 6.48 Å². The monoisotopic (exact) mass is 316 g/mol. The van der Waals surface area contributed by atoms with Crippen LogP contribution in [-0.4, -0.2) is 43.0 Å². The van der Waals surface area contributed by atoms with E-state index in [2.05, 4.69) is 30.0 Å². The van der Waals surface area contributed by atoms with Crippen molar-refractivity contribution in [2.24, 2.45) is 0 Å². The molecule has 2 rings (SSSR count). The van der Waals surface area contributed by atoms with Crippen molar-refractivity contribution in [2.45, 2.75) is 39.3 Å². The van der Waals surface area contributed by atoms with Crippen molar-refractivity contribution in [1.82, 2.24) is 9.80 Å². The number of halogens is 2. The third-order valence-corrected chi connectivity index (χ3v) is 4.47. The van der Waals surface area contributed by atoms with Crippen LogP contribution in [0.25, 0.3) is 0 Å². The minimum atomic E-state index is 0.627. The third kappa shape index (κ3) is 5.25. The quantitative estimate of drug-likeness (QED) is 0.807. The standard InChI is InChI=1S/C14H20Cl2N2.C2H6/c1-17-7-5-12(6-8-17)18(2)10-11-3-4-13(15)14(16)9-11;1-2/h3-4,9,12H,5-8,10H2,1-2H3;1-2H3. The predicted molar refractivity (Wildman–Crippen MR) is 89.8 cm³/mol. The molecular weight excluding hydrogens is 291 g/mol. The van der Waals surface area contributed by atoms with Gasteiger partial charge in [0.2, 0.25) is 0 Å². The lowest BCUT2D eigenvalue weighted by atomic mass is 10.0. The normalized spacial score (nSPS) is 16.9. The van der Waals surface area contributed by atoms with Gasteiger partial charge in [0, 0.05) is 12.6 Å². The second kappa shape index (κ2) is 8.89. The molecule has 0 atom stereocenters. The summed E-state index contributed by atoms with van der Waals surface area (Å²) in [6.07, 6.45) is 2.49. The molecule has 20 heavy (non-hydrogen) atoms. The Morgan fingerprint density at radius 3 is 2.30 bits per heavy atom. The summed E-state index contributed by atoms with van der Waals surface area (Å²) in [6.45, 7) is 7.32. The lowest BCUT2D eigenvalue weighted by Gasteiger charge is -2.35. The first-order chi connectivity index (χ1) is 9.56. The summed E-state index contributed by atoms with van der Waals surface area (Å²) >= 11 is 12.0. The van der Waals surface area contributed by atoms with Crippen molar-refractivity contribution in [3.63, 3.8) is 0 Å². The van der Waals surface area contributed by atoms with Gasteiger partial charge in [0.05, 0.1) is 10.0 Å². The molecule has 0 aliphatic carbocycles. The van der Waals surface area contributed by atoms with Gasteiger partial charge in [-0.25, -0.2) is 0 Å². The molecule has 2 nitrogen and oxygen atoms in total. The smallest absolute Gasteiger partial charge is 0.0595 e. The van der Waals surface area contributed by atoms with Gasteiger partial charge in [-0.1, -0.05) is 43.1 Å². The molecule has 0 N–H and O–H groups in total. The van der Waals surface area contributed by atoms with Crippen molar-refractivity contribution in [3.8, 4) is 0 Å². The van der Waals surface area contributed by atoms with Gasteiger partial charge >= 0.3 is 0 Å². The van der Waals surface area contributed by atoms with E-state index in [4.69, 9.17) is 23.2 Å². The summed E-state index contributed by atoms with van der Waals surface area (Å²) in [5, 5.41) is 1.27. The molecule has 1 aromatic rings. The van der Waals surface area contributed by atoms with Crippen LogP contribution >= 0.6 is 23.2 Å². The Bertz CT molecular complexity index is 401. The Morgan fingerprint density at radius 2 is 1.75 bits per heavy atom. The minimum absolute atomic E-state index is 0.627. The minimum Gasteiger partial charge on any atom is -0.306 e. The Kier molecular flexibility index (Phi) is 7.90. The summed E-state index contributed by atoms with van der Waals surface area (Å²) < 4.78 is 0. The van der Waals surface area contributed by atoms with Crippen LogP contribution in [0.15, 0.2) is 18.2 Å². The maximum atomic E-state index is 6.05. The second-order valence-corrected chi connectivity index (χ2v) is 6.01. The van der Waals surface area contributed by atoms with Crippen LogP contribution in [0.2, 0.25) is 10.0 Å². The first-order valence-corrected chi connectivity index (χ1v) is 8.14. The van der Waals surface area contributed by atoms with E-state index in [1.165, 1.54) is 31.5 Å². The summed E-state index contributed by atoms with van der Waals surface area (Å²) in [5.74, 6) is 0. The largest absolute Gasteiger partial charge is 0.306 e. The fourth-order valence-electron chi connectivity index (χ4n) is 2.49. The van der Waals surface area contributed by atoms with E-state index < -0.39 is 0 Å². The fraction of sp³-hybridized carbons (Fsp3) is 0.625. The molecule has 1 aromatic carbocycles. The lowest BCUT2D eigenvalue weighted by molar-refractivity contribution is 0.139. The average molecular weight is 317 g/mol. The van der Waals surface area contributed by atoms with Crippen molar-refractivity contribution < 1.29 is 0 Å². The number of hydrogen-bond acceptors (Lipinski definition) is 2. The molecule has 0 radical (unpaired) electrons. The maximum Gasteiger partial charge on any atom is 0.0595 e. The van der Waals surface area contributed by atoms with Crippen molar-refractivity contribution in [1.29, 1.82) is 0 Å². The Labute approximate surface area is 133 Å². The Hall–Kier alpha value is -0.280. The van der Waals surface area contributed by atoms with Crippen LogP contribution in [-0.2, 0) is 6.54 Å². The van der Waals surface area contributed by atoms with Crippen LogP contribution in [0.5, 0.6) is 0 Å². The highest BCUT2D eigenvalue weighted by Crippen LogP contribution is 2.24. The van der Waals surface area contributed by atoms with Gasteiger partial charge in [-0.2, -0.15) is 0 Å². The fourth-order valence-corrected chi connectivity index (χ4v) is 2.81. The van der Waals surface area contributed by atoms with Crippen molar-refractivity contribution >= 4 is 23.2 Å². The number of likely N-dealkylation sites (tertiary alicyclic amines) is 1. The average Bonchev–Trinajstić information content (AvgIpc) is 2.46. The van der Waals surface area contributed by atoms with Crippen LogP contribution in [0.4, 0.5) is 0 Å². The number of piperidine rings is 1. The number of hydrogen-bond donors (Lipinski definition) is 0. The van der Waals surface area contributed by atoms with E-state index in [1.807, 2.05) is 26.0 Å². The summed E-state index contributed by atoms with van der Waals surface area (Å²) in [5.41, 5.74) is 1.23. The highest BCUT2D eigenvalue weighted by Gasteiger charge is 2.20. The van der Waals surface area contributed by atoms with Crippen molar-refractivity contribution in [3.05, 3.63) is 33.8 Å². The lowest BCUT2D eigenvalue weighted by Crippen LogP contribution is -2.41. The molecule has 0 amide bonds. The molecular formula is C16H26Cl2N2. The molecule has 1 aliphatic rings. The molecule has 1 aliphatic heterocycles. The van der Waals surface area contributed by atoms with Crippen LogP contribution < -0.4 is 0 Å². The first kappa shape index (κ1) is 17.8. The summed E-state index contributed by atoms with van der Waals surface area (Å²) in [7, 11) is 4.38. The molecule has 1 heterocycles. The molecule has 0 unspecified atom stereocenters. The zero-order valence-electron chi connectivity index (χ0n) is 13.0. The highest BCUT2D eigenvalue weighted by atomic mass is 35.5. The van der Waals surface area contributed by atoms with Crippen molar-refractivity contribution in [2.75, 3.05) is 27.2 Å². The Balaban J connectivity index is 0.000000956. The number of nitrogens with zero attached hydrogens (tertiary/aromatic N) is 2. The first-order valence-electron chi connectivity index (χ1n) is 7.39. The molecule has 1 fully saturated rings. The maximum absolute atomic E-state index is 6.05. The van der Waals surface area contributed by atoms with E-state index in [0.717, 1.165) is 6.54 Å². The van der Waals surface area contributed by atoms with Gasteiger partial charge in [-0.15, -0.1) is 0 Å². The molecule has 0 aromatic heterocycles. The van der Waals surface area contributed by atoms with E-state index in [9.17, 15) is 0 Å². The van der Waals surface area contributed by atoms with Gasteiger partial charge in [0.1, 0.15) is 0 Å². The van der Waals surface area contributed by atoms with Gasteiger partial charge in [-0.3, -0.25) is 4.90 Å². The number of rotatable bonds is 3. The highest BCUT2D eigenvalue weighted by molar-refractivity contribution is 6.42. The second-order valence-electron chi connectivity index (χ2n) is 5.20. The van der Waals surface area contributed by atoms with E-state index in [0.29, 0.717) is 16.1 Å². The van der Waals surface area contributed by atoms with Gasteiger partial charge < -0.3 is 4.90 Å². The van der Waals surface area contributed by atoms with Crippen LogP contribution in [0, 0.1) is 0 Å². The third-order valence-electron chi connectivity index (χ3n) is 3.73. The predicted octanol–water partition coefficient (Wildman–Crippen LogP) is 4.55. The molecule has 1 saturated heterocycles. The zero-order chi connectivity index (χ0) is 15.1. The van der Waals surface area contributed by atoms with E-state index in [-0.39, 0.29) is 0 Å². The Morgan fingerprint density at radius 1 is 1.15 bits per heavy atom. The molecule has 0 saturated carbocycles. The van der Waals surface area contributed by atoms with Crippen LogP contribution in [0.1, 0.15) is 32.3 Å². The van der Waals surface area contributed by atoms with Gasteiger partial charge in [-0.05, 0) is 57.7 Å².